The molecule has 0 fully saturated rings. The second-order valence-electron chi connectivity index (χ2n) is 8.71. The molecule has 0 radical (unpaired) electrons. The predicted molar refractivity (Wildman–Crippen MR) is 138 cm³/mol. The smallest absolute Gasteiger partial charge is 0.0892 e. The number of rotatable bonds is 8. The van der Waals surface area contributed by atoms with E-state index < -0.39 is 0 Å². The van der Waals surface area contributed by atoms with Crippen LogP contribution < -0.4 is 0 Å². The molecule has 3 aromatic heterocycles. The molecule has 32 heavy (non-hydrogen) atoms. The lowest BCUT2D eigenvalue weighted by Gasteiger charge is -2.12. The number of hydrogen-bond acceptors (Lipinski definition) is 3. The quantitative estimate of drug-likeness (QED) is 0.256. The Hall–Kier alpha value is -2.78. The van der Waals surface area contributed by atoms with Gasteiger partial charge in [-0.3, -0.25) is 9.97 Å². The molecule has 0 saturated heterocycles. The fraction of sp³-hybridized carbons (Fsp3) is 0.310. The Bertz CT molecular complexity index is 1180. The Morgan fingerprint density at radius 2 is 1.38 bits per heavy atom. The van der Waals surface area contributed by atoms with Crippen molar-refractivity contribution < 1.29 is 0 Å². The highest BCUT2D eigenvalue weighted by molar-refractivity contribution is 7.15. The van der Waals surface area contributed by atoms with Gasteiger partial charge in [-0.2, -0.15) is 0 Å². The number of unbranched alkanes of at least 4 members (excludes halogenated alkanes) is 3. The summed E-state index contributed by atoms with van der Waals surface area (Å²) < 4.78 is 0. The fourth-order valence-electron chi connectivity index (χ4n) is 4.48. The molecule has 3 heterocycles. The van der Waals surface area contributed by atoms with Gasteiger partial charge in [0.05, 0.1) is 11.4 Å². The first-order chi connectivity index (χ1) is 15.5. The van der Waals surface area contributed by atoms with Crippen LogP contribution in [0.1, 0.15) is 54.2 Å². The zero-order valence-electron chi connectivity index (χ0n) is 19.6. The van der Waals surface area contributed by atoms with Crippen molar-refractivity contribution in [3.05, 3.63) is 82.5 Å². The molecule has 4 aromatic rings. The first-order valence-corrected chi connectivity index (χ1v) is 12.5. The summed E-state index contributed by atoms with van der Waals surface area (Å²) in [5, 5.41) is 0. The molecule has 0 N–H and O–H groups in total. The van der Waals surface area contributed by atoms with E-state index in [4.69, 9.17) is 0 Å². The summed E-state index contributed by atoms with van der Waals surface area (Å²) in [4.78, 5) is 12.1. The average Bonchev–Trinajstić information content (AvgIpc) is 3.25. The van der Waals surface area contributed by atoms with Crippen LogP contribution in [0.3, 0.4) is 0 Å². The minimum Gasteiger partial charge on any atom is -0.255 e. The Kier molecular flexibility index (Phi) is 7.16. The summed E-state index contributed by atoms with van der Waals surface area (Å²) >= 11 is 1.90. The molecule has 0 saturated carbocycles. The highest BCUT2D eigenvalue weighted by Crippen LogP contribution is 2.33. The van der Waals surface area contributed by atoms with Gasteiger partial charge in [-0.15, -0.1) is 11.3 Å². The first-order valence-electron chi connectivity index (χ1n) is 11.6. The van der Waals surface area contributed by atoms with Crippen molar-refractivity contribution in [3.63, 3.8) is 0 Å². The van der Waals surface area contributed by atoms with Crippen LogP contribution in [-0.2, 0) is 6.42 Å². The van der Waals surface area contributed by atoms with Gasteiger partial charge in [-0.05, 0) is 97.8 Å². The Morgan fingerprint density at radius 3 is 2.06 bits per heavy atom. The average molecular weight is 441 g/mol. The lowest BCUT2D eigenvalue weighted by atomic mass is 9.94. The molecule has 3 heteroatoms. The molecular formula is C29H32N2S. The monoisotopic (exact) mass is 440 g/mol. The van der Waals surface area contributed by atoms with E-state index in [1.165, 1.54) is 75.2 Å². The molecule has 2 nitrogen and oxygen atoms in total. The largest absolute Gasteiger partial charge is 0.255 e. The van der Waals surface area contributed by atoms with Crippen molar-refractivity contribution in [2.75, 3.05) is 0 Å². The van der Waals surface area contributed by atoms with E-state index >= 15 is 0 Å². The lowest BCUT2D eigenvalue weighted by molar-refractivity contribution is 0.670. The van der Waals surface area contributed by atoms with Crippen LogP contribution in [0.2, 0.25) is 0 Å². The summed E-state index contributed by atoms with van der Waals surface area (Å²) in [6.45, 7) is 8.78. The van der Waals surface area contributed by atoms with E-state index in [1.807, 2.05) is 23.7 Å². The van der Waals surface area contributed by atoms with E-state index in [1.54, 1.807) is 0 Å². The molecule has 0 aliphatic carbocycles. The van der Waals surface area contributed by atoms with Gasteiger partial charge < -0.3 is 0 Å². The van der Waals surface area contributed by atoms with Gasteiger partial charge in [-0.1, -0.05) is 43.9 Å². The Morgan fingerprint density at radius 1 is 0.719 bits per heavy atom. The van der Waals surface area contributed by atoms with Gasteiger partial charge in [-0.25, -0.2) is 0 Å². The molecule has 0 amide bonds. The highest BCUT2D eigenvalue weighted by Gasteiger charge is 2.11. The van der Waals surface area contributed by atoms with E-state index in [-0.39, 0.29) is 0 Å². The van der Waals surface area contributed by atoms with Crippen LogP contribution in [0.5, 0.6) is 0 Å². The molecule has 0 spiro atoms. The van der Waals surface area contributed by atoms with Gasteiger partial charge in [0.1, 0.15) is 0 Å². The molecule has 0 aliphatic rings. The molecule has 1 aromatic carbocycles. The second-order valence-corrected chi connectivity index (χ2v) is 9.88. The first kappa shape index (κ1) is 22.4. The number of aryl methyl sites for hydroxylation is 4. The maximum Gasteiger partial charge on any atom is 0.0892 e. The van der Waals surface area contributed by atoms with Gasteiger partial charge in [0, 0.05) is 22.1 Å². The Balaban J connectivity index is 1.60. The molecule has 0 unspecified atom stereocenters. The number of aromatic nitrogens is 2. The maximum atomic E-state index is 4.65. The van der Waals surface area contributed by atoms with Crippen LogP contribution in [-0.4, -0.2) is 9.97 Å². The molecule has 4 rings (SSSR count). The zero-order valence-corrected chi connectivity index (χ0v) is 20.4. The number of benzene rings is 1. The van der Waals surface area contributed by atoms with E-state index in [2.05, 4.69) is 86.2 Å². The molecular weight excluding hydrogens is 408 g/mol. The van der Waals surface area contributed by atoms with Gasteiger partial charge in [0.2, 0.25) is 0 Å². The SMILES string of the molecule is CCCCCCc1ccc(-c2ccnc(-c3cc(-c4c(C)cc(C)cc4C)ccn3)c2)s1. The van der Waals surface area contributed by atoms with Gasteiger partial charge in [0.15, 0.2) is 0 Å². The molecule has 0 atom stereocenters. The van der Waals surface area contributed by atoms with Crippen LogP contribution in [0.25, 0.3) is 33.0 Å². The van der Waals surface area contributed by atoms with Crippen LogP contribution in [0, 0.1) is 20.8 Å². The van der Waals surface area contributed by atoms with Crippen molar-refractivity contribution in [1.82, 2.24) is 9.97 Å². The van der Waals surface area contributed by atoms with E-state index in [0.29, 0.717) is 0 Å². The topological polar surface area (TPSA) is 25.8 Å². The highest BCUT2D eigenvalue weighted by atomic mass is 32.1. The zero-order chi connectivity index (χ0) is 22.5. The normalized spacial score (nSPS) is 11.1. The number of thiophene rings is 1. The number of hydrogen-bond donors (Lipinski definition) is 0. The molecule has 0 bridgehead atoms. The summed E-state index contributed by atoms with van der Waals surface area (Å²) in [7, 11) is 0. The standard InChI is InChI=1S/C29H32N2S/c1-5-6-7-8-9-25-10-11-28(32-25)23-12-14-30-26(18-23)27-19-24(13-15-31-27)29-21(3)16-20(2)17-22(29)4/h10-19H,5-9H2,1-4H3. The van der Waals surface area contributed by atoms with Crippen molar-refractivity contribution >= 4 is 11.3 Å². The number of pyridine rings is 2. The summed E-state index contributed by atoms with van der Waals surface area (Å²) in [5.41, 5.74) is 9.44. The summed E-state index contributed by atoms with van der Waals surface area (Å²) in [6, 6.07) is 17.6. The van der Waals surface area contributed by atoms with Crippen molar-refractivity contribution in [3.8, 4) is 33.0 Å². The van der Waals surface area contributed by atoms with E-state index in [9.17, 15) is 0 Å². The van der Waals surface area contributed by atoms with Crippen LogP contribution in [0.15, 0.2) is 60.9 Å². The maximum absolute atomic E-state index is 4.65. The Labute approximate surface area is 196 Å². The van der Waals surface area contributed by atoms with Crippen molar-refractivity contribution in [1.29, 1.82) is 0 Å². The number of nitrogens with zero attached hydrogens (tertiary/aromatic N) is 2. The second kappa shape index (κ2) is 10.2. The van der Waals surface area contributed by atoms with Crippen LogP contribution >= 0.6 is 11.3 Å². The van der Waals surface area contributed by atoms with Crippen molar-refractivity contribution in [2.45, 2.75) is 59.8 Å². The lowest BCUT2D eigenvalue weighted by Crippen LogP contribution is -1.93. The van der Waals surface area contributed by atoms with Crippen molar-refractivity contribution in [2.24, 2.45) is 0 Å². The minimum absolute atomic E-state index is 0.917. The molecule has 164 valence electrons. The third-order valence-corrected chi connectivity index (χ3v) is 7.17. The summed E-state index contributed by atoms with van der Waals surface area (Å²) in [5.74, 6) is 0. The summed E-state index contributed by atoms with van der Waals surface area (Å²) in [6.07, 6.45) is 10.2. The minimum atomic E-state index is 0.917. The van der Waals surface area contributed by atoms with E-state index in [0.717, 1.165) is 11.4 Å². The molecule has 0 aliphatic heterocycles. The third-order valence-electron chi connectivity index (χ3n) is 5.97. The van der Waals surface area contributed by atoms with Crippen LogP contribution in [0.4, 0.5) is 0 Å². The predicted octanol–water partition coefficient (Wildman–Crippen LogP) is 8.59. The third kappa shape index (κ3) is 5.16. The van der Waals surface area contributed by atoms with Gasteiger partial charge in [0.25, 0.3) is 0 Å². The fourth-order valence-corrected chi connectivity index (χ4v) is 5.52. The van der Waals surface area contributed by atoms with Gasteiger partial charge >= 0.3 is 0 Å².